The van der Waals surface area contributed by atoms with Gasteiger partial charge in [0.25, 0.3) is 0 Å². The van der Waals surface area contributed by atoms with Crippen LogP contribution in [0.3, 0.4) is 0 Å². The van der Waals surface area contributed by atoms with Crippen LogP contribution in [0.5, 0.6) is 5.75 Å². The van der Waals surface area contributed by atoms with Crippen LogP contribution in [0.25, 0.3) is 0 Å². The van der Waals surface area contributed by atoms with Gasteiger partial charge >= 0.3 is 0 Å². The maximum atomic E-state index is 13.5. The Balaban J connectivity index is 2.38. The van der Waals surface area contributed by atoms with E-state index < -0.39 is 0 Å². The third-order valence-corrected chi connectivity index (χ3v) is 4.22. The number of methoxy groups -OCH3 is 1. The van der Waals surface area contributed by atoms with Gasteiger partial charge in [-0.2, -0.15) is 0 Å². The lowest BCUT2D eigenvalue weighted by Gasteiger charge is -2.19. The summed E-state index contributed by atoms with van der Waals surface area (Å²) in [5.41, 5.74) is 1.74. The first kappa shape index (κ1) is 15.0. The van der Waals surface area contributed by atoms with Gasteiger partial charge in [-0.25, -0.2) is 4.39 Å². The molecule has 0 radical (unpaired) electrons. The second-order valence-electron chi connectivity index (χ2n) is 4.75. The largest absolute Gasteiger partial charge is 0.496 e. The first-order valence-electron chi connectivity index (χ1n) is 6.78. The Bertz CT molecular complexity index is 567. The summed E-state index contributed by atoms with van der Waals surface area (Å²) in [6, 6.07) is 7.29. The summed E-state index contributed by atoms with van der Waals surface area (Å²) < 4.78 is 18.9. The van der Waals surface area contributed by atoms with Crippen LogP contribution in [0.2, 0.25) is 0 Å². The van der Waals surface area contributed by atoms with Gasteiger partial charge in [0.15, 0.2) is 0 Å². The monoisotopic (exact) mass is 293 g/mol. The number of rotatable bonds is 6. The highest BCUT2D eigenvalue weighted by Crippen LogP contribution is 2.35. The van der Waals surface area contributed by atoms with Crippen LogP contribution in [-0.4, -0.2) is 13.7 Å². The number of nitrogens with one attached hydrogen (secondary N) is 1. The van der Waals surface area contributed by atoms with Crippen LogP contribution < -0.4 is 10.1 Å². The molecule has 0 spiro atoms. The number of hydrogen-bond acceptors (Lipinski definition) is 3. The Morgan fingerprint density at radius 3 is 2.80 bits per heavy atom. The summed E-state index contributed by atoms with van der Waals surface area (Å²) in [5.74, 6) is 0.715. The van der Waals surface area contributed by atoms with Gasteiger partial charge in [-0.1, -0.05) is 19.1 Å². The summed E-state index contributed by atoms with van der Waals surface area (Å²) in [6.07, 6.45) is 1.05. The van der Waals surface area contributed by atoms with Crippen molar-refractivity contribution >= 4 is 11.3 Å². The molecule has 2 aromatic rings. The number of thiophene rings is 1. The minimum Gasteiger partial charge on any atom is -0.496 e. The molecule has 108 valence electrons. The molecule has 0 aliphatic heterocycles. The fourth-order valence-electron chi connectivity index (χ4n) is 2.19. The minimum atomic E-state index is -0.166. The summed E-state index contributed by atoms with van der Waals surface area (Å²) in [7, 11) is 1.68. The van der Waals surface area contributed by atoms with E-state index in [1.54, 1.807) is 25.4 Å². The van der Waals surface area contributed by atoms with E-state index in [2.05, 4.69) is 12.2 Å². The molecule has 0 fully saturated rings. The average Bonchev–Trinajstić information content (AvgIpc) is 2.91. The standard InChI is InChI=1S/C16H20FNOS/c1-4-8-18-15(16-14(19-3)7-9-20-16)12-5-6-13(17)11(2)10-12/h5-7,9-10,15,18H,4,8H2,1-3H3. The molecule has 1 heterocycles. The number of aryl methyl sites for hydroxylation is 1. The maximum Gasteiger partial charge on any atom is 0.134 e. The normalized spacial score (nSPS) is 12.4. The Morgan fingerprint density at radius 1 is 1.35 bits per heavy atom. The zero-order valence-corrected chi connectivity index (χ0v) is 12.9. The van der Waals surface area contributed by atoms with Gasteiger partial charge in [0.2, 0.25) is 0 Å². The topological polar surface area (TPSA) is 21.3 Å². The molecule has 20 heavy (non-hydrogen) atoms. The van der Waals surface area contributed by atoms with Crippen molar-refractivity contribution in [3.8, 4) is 5.75 Å². The summed E-state index contributed by atoms with van der Waals surface area (Å²) in [5, 5.41) is 5.54. The van der Waals surface area contributed by atoms with Gasteiger partial charge in [-0.15, -0.1) is 11.3 Å². The molecule has 0 aliphatic rings. The van der Waals surface area contributed by atoms with Gasteiger partial charge in [0.1, 0.15) is 11.6 Å². The third-order valence-electron chi connectivity index (χ3n) is 3.25. The molecule has 0 aliphatic carbocycles. The maximum absolute atomic E-state index is 13.5. The van der Waals surface area contributed by atoms with Crippen LogP contribution in [0, 0.1) is 12.7 Å². The first-order valence-corrected chi connectivity index (χ1v) is 7.66. The van der Waals surface area contributed by atoms with E-state index in [0.717, 1.165) is 29.2 Å². The van der Waals surface area contributed by atoms with Gasteiger partial charge in [-0.3, -0.25) is 0 Å². The highest BCUT2D eigenvalue weighted by atomic mass is 32.1. The Labute approximate surface area is 123 Å². The highest BCUT2D eigenvalue weighted by Gasteiger charge is 2.19. The average molecular weight is 293 g/mol. The SMILES string of the molecule is CCCNC(c1ccc(F)c(C)c1)c1sccc1OC. The fourth-order valence-corrected chi connectivity index (χ4v) is 3.15. The van der Waals surface area contributed by atoms with E-state index in [4.69, 9.17) is 4.74 Å². The van der Waals surface area contributed by atoms with Crippen molar-refractivity contribution in [2.45, 2.75) is 26.3 Å². The zero-order valence-electron chi connectivity index (χ0n) is 12.1. The van der Waals surface area contributed by atoms with Crippen LogP contribution in [0.4, 0.5) is 4.39 Å². The number of halogens is 1. The molecule has 1 N–H and O–H groups in total. The molecule has 2 rings (SSSR count). The molecule has 0 bridgehead atoms. The van der Waals surface area contributed by atoms with Crippen molar-refractivity contribution in [3.05, 3.63) is 51.5 Å². The highest BCUT2D eigenvalue weighted by molar-refractivity contribution is 7.10. The zero-order chi connectivity index (χ0) is 14.5. The minimum absolute atomic E-state index is 0.0456. The van der Waals surface area contributed by atoms with Crippen molar-refractivity contribution in [3.63, 3.8) is 0 Å². The summed E-state index contributed by atoms with van der Waals surface area (Å²) in [6.45, 7) is 4.83. The second kappa shape index (κ2) is 6.86. The van der Waals surface area contributed by atoms with E-state index in [0.29, 0.717) is 5.56 Å². The second-order valence-corrected chi connectivity index (χ2v) is 5.70. The first-order chi connectivity index (χ1) is 9.67. The number of ether oxygens (including phenoxy) is 1. The summed E-state index contributed by atoms with van der Waals surface area (Å²) in [4.78, 5) is 1.13. The molecule has 0 amide bonds. The van der Waals surface area contributed by atoms with E-state index in [1.807, 2.05) is 23.6 Å². The Hall–Kier alpha value is -1.39. The molecule has 1 aromatic carbocycles. The van der Waals surface area contributed by atoms with Crippen molar-refractivity contribution in [1.82, 2.24) is 5.32 Å². The van der Waals surface area contributed by atoms with E-state index in [9.17, 15) is 4.39 Å². The van der Waals surface area contributed by atoms with Crippen molar-refractivity contribution in [2.75, 3.05) is 13.7 Å². The van der Waals surface area contributed by atoms with Crippen LogP contribution in [0.15, 0.2) is 29.6 Å². The van der Waals surface area contributed by atoms with Crippen LogP contribution in [0.1, 0.15) is 35.4 Å². The van der Waals surface area contributed by atoms with Crippen molar-refractivity contribution in [1.29, 1.82) is 0 Å². The van der Waals surface area contributed by atoms with Gasteiger partial charge < -0.3 is 10.1 Å². The van der Waals surface area contributed by atoms with Gasteiger partial charge in [0, 0.05) is 0 Å². The van der Waals surface area contributed by atoms with Gasteiger partial charge in [0.05, 0.1) is 18.0 Å². The van der Waals surface area contributed by atoms with Crippen molar-refractivity contribution in [2.24, 2.45) is 0 Å². The predicted molar refractivity (Wildman–Crippen MR) is 82.1 cm³/mol. The van der Waals surface area contributed by atoms with Crippen LogP contribution in [-0.2, 0) is 0 Å². The molecule has 0 saturated heterocycles. The van der Waals surface area contributed by atoms with E-state index in [1.165, 1.54) is 6.07 Å². The van der Waals surface area contributed by atoms with E-state index >= 15 is 0 Å². The fraction of sp³-hybridized carbons (Fsp3) is 0.375. The lowest BCUT2D eigenvalue weighted by molar-refractivity contribution is 0.407. The summed E-state index contributed by atoms with van der Waals surface area (Å²) >= 11 is 1.66. The van der Waals surface area contributed by atoms with Crippen LogP contribution >= 0.6 is 11.3 Å². The molecule has 2 nitrogen and oxygen atoms in total. The lowest BCUT2D eigenvalue weighted by Crippen LogP contribution is -2.23. The van der Waals surface area contributed by atoms with Crippen molar-refractivity contribution < 1.29 is 9.13 Å². The molecule has 4 heteroatoms. The molecule has 1 atom stereocenters. The molecular weight excluding hydrogens is 273 g/mol. The Kier molecular flexibility index (Phi) is 5.15. The van der Waals surface area contributed by atoms with Gasteiger partial charge in [-0.05, 0) is 48.5 Å². The molecule has 0 saturated carbocycles. The smallest absolute Gasteiger partial charge is 0.134 e. The number of hydrogen-bond donors (Lipinski definition) is 1. The quantitative estimate of drug-likeness (QED) is 0.857. The lowest BCUT2D eigenvalue weighted by atomic mass is 10.0. The van der Waals surface area contributed by atoms with E-state index in [-0.39, 0.29) is 11.9 Å². The Morgan fingerprint density at radius 2 is 2.15 bits per heavy atom. The number of benzene rings is 1. The molecular formula is C16H20FNOS. The predicted octanol–water partition coefficient (Wildman–Crippen LogP) is 4.29. The third kappa shape index (κ3) is 3.19. The molecule has 1 unspecified atom stereocenters. The molecule has 1 aromatic heterocycles.